The predicted octanol–water partition coefficient (Wildman–Crippen LogP) is 1.42. The molecule has 1 fully saturated rings. The van der Waals surface area contributed by atoms with Crippen LogP contribution in [-0.2, 0) is 0 Å². The van der Waals surface area contributed by atoms with Gasteiger partial charge in [0.15, 0.2) is 0 Å². The Labute approximate surface area is 123 Å². The molecule has 0 spiro atoms. The molecular weight excluding hydrogens is 274 g/mol. The van der Waals surface area contributed by atoms with Crippen molar-refractivity contribution >= 4 is 17.5 Å². The van der Waals surface area contributed by atoms with Gasteiger partial charge in [0.05, 0.1) is 4.92 Å². The molecule has 2 rings (SSSR count). The maximum atomic E-state index is 11.2. The molecule has 0 bridgehead atoms. The number of nitro groups is 1. The lowest BCUT2D eigenvalue weighted by Crippen LogP contribution is -2.37. The maximum absolute atomic E-state index is 11.2. The fourth-order valence-electron chi connectivity index (χ4n) is 2.46. The van der Waals surface area contributed by atoms with E-state index in [0.29, 0.717) is 24.9 Å². The van der Waals surface area contributed by atoms with Gasteiger partial charge in [-0.3, -0.25) is 10.1 Å². The summed E-state index contributed by atoms with van der Waals surface area (Å²) in [4.78, 5) is 20.9. The zero-order valence-electron chi connectivity index (χ0n) is 12.2. The molecule has 1 aliphatic heterocycles. The number of hydrogen-bond acceptors (Lipinski definition) is 7. The Hall–Kier alpha value is -1.96. The molecule has 2 heterocycles. The van der Waals surface area contributed by atoms with Gasteiger partial charge in [-0.15, -0.1) is 0 Å². The normalized spacial score (nSPS) is 18.6. The van der Waals surface area contributed by atoms with Crippen LogP contribution in [0.2, 0.25) is 0 Å². The minimum absolute atomic E-state index is 0.0874. The van der Waals surface area contributed by atoms with Crippen molar-refractivity contribution in [2.45, 2.75) is 26.2 Å². The van der Waals surface area contributed by atoms with Crippen molar-refractivity contribution in [3.05, 3.63) is 16.3 Å². The predicted molar refractivity (Wildman–Crippen MR) is 79.5 cm³/mol. The largest absolute Gasteiger partial charge is 0.396 e. The molecular formula is C13H21N5O3. The molecule has 0 aromatic carbocycles. The van der Waals surface area contributed by atoms with Crippen molar-refractivity contribution in [3.8, 4) is 0 Å². The third kappa shape index (κ3) is 3.78. The third-order valence-electron chi connectivity index (χ3n) is 3.56. The first-order valence-electron chi connectivity index (χ1n) is 7.26. The van der Waals surface area contributed by atoms with E-state index >= 15 is 0 Å². The first-order chi connectivity index (χ1) is 10.2. The zero-order chi connectivity index (χ0) is 15.2. The van der Waals surface area contributed by atoms with Gasteiger partial charge < -0.3 is 15.3 Å². The molecule has 8 heteroatoms. The van der Waals surface area contributed by atoms with Crippen LogP contribution in [0.25, 0.3) is 0 Å². The summed E-state index contributed by atoms with van der Waals surface area (Å²) in [5, 5.41) is 23.5. The minimum atomic E-state index is -0.457. The van der Waals surface area contributed by atoms with E-state index in [4.69, 9.17) is 0 Å². The summed E-state index contributed by atoms with van der Waals surface area (Å²) < 4.78 is 0. The highest BCUT2D eigenvalue weighted by Crippen LogP contribution is 2.29. The Morgan fingerprint density at radius 2 is 2.43 bits per heavy atom. The first-order valence-corrected chi connectivity index (χ1v) is 7.26. The summed E-state index contributed by atoms with van der Waals surface area (Å²) in [7, 11) is 0. The summed E-state index contributed by atoms with van der Waals surface area (Å²) in [5.41, 5.74) is -0.0874. The molecule has 0 radical (unpaired) electrons. The summed E-state index contributed by atoms with van der Waals surface area (Å²) in [5.74, 6) is 0.885. The summed E-state index contributed by atoms with van der Waals surface area (Å²) in [6.45, 7) is 4.13. The molecule has 1 aromatic heterocycles. The Balaban J connectivity index is 2.27. The second-order valence-corrected chi connectivity index (χ2v) is 5.22. The van der Waals surface area contributed by atoms with E-state index in [2.05, 4.69) is 15.3 Å². The number of aromatic nitrogens is 2. The highest BCUT2D eigenvalue weighted by atomic mass is 16.6. The van der Waals surface area contributed by atoms with Crippen LogP contribution in [0.3, 0.4) is 0 Å². The molecule has 1 unspecified atom stereocenters. The fourth-order valence-corrected chi connectivity index (χ4v) is 2.46. The van der Waals surface area contributed by atoms with Gasteiger partial charge in [-0.25, -0.2) is 4.98 Å². The Bertz CT molecular complexity index is 497. The number of nitrogens with zero attached hydrogens (tertiary/aromatic N) is 4. The van der Waals surface area contributed by atoms with Gasteiger partial charge in [-0.1, -0.05) is 6.92 Å². The average Bonchev–Trinajstić information content (AvgIpc) is 2.52. The smallest absolute Gasteiger partial charge is 0.329 e. The van der Waals surface area contributed by atoms with Crippen molar-refractivity contribution in [2.24, 2.45) is 5.92 Å². The molecule has 21 heavy (non-hydrogen) atoms. The molecule has 1 atom stereocenters. The molecule has 116 valence electrons. The van der Waals surface area contributed by atoms with E-state index in [-0.39, 0.29) is 18.2 Å². The zero-order valence-corrected chi connectivity index (χ0v) is 12.2. The highest BCUT2D eigenvalue weighted by molar-refractivity contribution is 5.59. The molecule has 1 saturated heterocycles. The van der Waals surface area contributed by atoms with Crippen LogP contribution in [0.15, 0.2) is 6.20 Å². The van der Waals surface area contributed by atoms with Gasteiger partial charge in [-0.2, -0.15) is 4.98 Å². The third-order valence-corrected chi connectivity index (χ3v) is 3.56. The Morgan fingerprint density at radius 1 is 1.62 bits per heavy atom. The van der Waals surface area contributed by atoms with E-state index in [1.165, 1.54) is 6.20 Å². The lowest BCUT2D eigenvalue weighted by atomic mass is 9.99. The van der Waals surface area contributed by atoms with Crippen molar-refractivity contribution in [3.63, 3.8) is 0 Å². The average molecular weight is 295 g/mol. The Morgan fingerprint density at radius 3 is 3.10 bits per heavy atom. The molecule has 0 saturated carbocycles. The standard InChI is InChI=1S/C13H21N5O3/c1-2-5-14-13-15-7-11(18(20)21)12(16-13)17-6-3-4-10(8-17)9-19/h7,10,19H,2-6,8-9H2,1H3,(H,14,15,16). The second kappa shape index (κ2) is 7.16. The van der Waals surface area contributed by atoms with Crippen LogP contribution in [0.1, 0.15) is 26.2 Å². The summed E-state index contributed by atoms with van der Waals surface area (Å²) >= 11 is 0. The topological polar surface area (TPSA) is 104 Å². The number of hydrogen-bond donors (Lipinski definition) is 2. The maximum Gasteiger partial charge on any atom is 0.329 e. The van der Waals surface area contributed by atoms with E-state index in [0.717, 1.165) is 25.8 Å². The van der Waals surface area contributed by atoms with Gasteiger partial charge >= 0.3 is 5.69 Å². The number of piperidine rings is 1. The number of rotatable bonds is 6. The number of aliphatic hydroxyl groups is 1. The first kappa shape index (κ1) is 15.4. The number of aliphatic hydroxyl groups excluding tert-OH is 1. The molecule has 1 aromatic rings. The van der Waals surface area contributed by atoms with E-state index in [9.17, 15) is 15.2 Å². The van der Waals surface area contributed by atoms with Crippen LogP contribution in [0, 0.1) is 16.0 Å². The minimum Gasteiger partial charge on any atom is -0.396 e. The van der Waals surface area contributed by atoms with Gasteiger partial charge in [0.25, 0.3) is 0 Å². The van der Waals surface area contributed by atoms with Crippen molar-refractivity contribution < 1.29 is 10.0 Å². The van der Waals surface area contributed by atoms with Crippen molar-refractivity contribution in [2.75, 3.05) is 36.5 Å². The monoisotopic (exact) mass is 295 g/mol. The van der Waals surface area contributed by atoms with Crippen LogP contribution in [-0.4, -0.2) is 46.2 Å². The van der Waals surface area contributed by atoms with Gasteiger partial charge in [0, 0.05) is 26.2 Å². The molecule has 1 aliphatic rings. The molecule has 0 amide bonds. The van der Waals surface area contributed by atoms with Crippen LogP contribution >= 0.6 is 0 Å². The molecule has 8 nitrogen and oxygen atoms in total. The van der Waals surface area contributed by atoms with Crippen LogP contribution < -0.4 is 10.2 Å². The van der Waals surface area contributed by atoms with E-state index in [1.807, 2.05) is 11.8 Å². The second-order valence-electron chi connectivity index (χ2n) is 5.22. The van der Waals surface area contributed by atoms with Crippen LogP contribution in [0.5, 0.6) is 0 Å². The molecule has 0 aliphatic carbocycles. The van der Waals surface area contributed by atoms with Gasteiger partial charge in [0.2, 0.25) is 11.8 Å². The van der Waals surface area contributed by atoms with Crippen molar-refractivity contribution in [1.82, 2.24) is 9.97 Å². The Kier molecular flexibility index (Phi) is 5.26. The highest BCUT2D eigenvalue weighted by Gasteiger charge is 2.27. The lowest BCUT2D eigenvalue weighted by molar-refractivity contribution is -0.384. The van der Waals surface area contributed by atoms with E-state index < -0.39 is 4.92 Å². The SMILES string of the molecule is CCCNc1ncc([N+](=O)[O-])c(N2CCCC(CO)C2)n1. The molecule has 2 N–H and O–H groups in total. The quantitative estimate of drug-likeness (QED) is 0.604. The summed E-state index contributed by atoms with van der Waals surface area (Å²) in [6.07, 6.45) is 4.01. The fraction of sp³-hybridized carbons (Fsp3) is 0.692. The number of anilines is 2. The number of nitrogens with one attached hydrogen (secondary N) is 1. The van der Waals surface area contributed by atoms with Crippen molar-refractivity contribution in [1.29, 1.82) is 0 Å². The van der Waals surface area contributed by atoms with Gasteiger partial charge in [-0.05, 0) is 25.2 Å². The van der Waals surface area contributed by atoms with Crippen LogP contribution in [0.4, 0.5) is 17.5 Å². The van der Waals surface area contributed by atoms with Gasteiger partial charge in [0.1, 0.15) is 6.20 Å². The van der Waals surface area contributed by atoms with E-state index in [1.54, 1.807) is 0 Å². The lowest BCUT2D eigenvalue weighted by Gasteiger charge is -2.32. The summed E-state index contributed by atoms with van der Waals surface area (Å²) in [6, 6.07) is 0.